The van der Waals surface area contributed by atoms with Crippen LogP contribution < -0.4 is 10.6 Å². The number of hydrogen-bond acceptors (Lipinski definition) is 3. The summed E-state index contributed by atoms with van der Waals surface area (Å²) in [5.41, 5.74) is 7.71. The van der Waals surface area contributed by atoms with E-state index in [0.29, 0.717) is 10.9 Å². The molecule has 2 rings (SSSR count). The van der Waals surface area contributed by atoms with Gasteiger partial charge in [0.15, 0.2) is 0 Å². The lowest BCUT2D eigenvalue weighted by atomic mass is 10.0. The van der Waals surface area contributed by atoms with Gasteiger partial charge in [-0.25, -0.2) is 0 Å². The molecule has 2 N–H and O–H groups in total. The lowest BCUT2D eigenvalue weighted by Crippen LogP contribution is -2.30. The Balaban J connectivity index is 2.04. The quantitative estimate of drug-likeness (QED) is 0.853. The lowest BCUT2D eigenvalue weighted by Gasteiger charge is -2.28. The highest BCUT2D eigenvalue weighted by molar-refractivity contribution is 9.10. The van der Waals surface area contributed by atoms with Gasteiger partial charge in [-0.3, -0.25) is 0 Å². The first-order valence-electron chi connectivity index (χ1n) is 6.46. The van der Waals surface area contributed by atoms with E-state index in [1.807, 2.05) is 6.07 Å². The van der Waals surface area contributed by atoms with Gasteiger partial charge in [0.1, 0.15) is 4.99 Å². The number of nitrogens with two attached hydrogens (primary N) is 1. The summed E-state index contributed by atoms with van der Waals surface area (Å²) >= 11 is 8.53. The third-order valence-corrected chi connectivity index (χ3v) is 4.32. The van der Waals surface area contributed by atoms with Crippen LogP contribution in [-0.2, 0) is 4.74 Å². The van der Waals surface area contributed by atoms with Crippen LogP contribution in [0.5, 0.6) is 0 Å². The van der Waals surface area contributed by atoms with Crippen LogP contribution in [0.25, 0.3) is 0 Å². The molecular weight excluding hydrogens is 324 g/mol. The predicted octanol–water partition coefficient (Wildman–Crippen LogP) is 2.95. The van der Waals surface area contributed by atoms with Crippen molar-refractivity contribution in [1.82, 2.24) is 0 Å². The van der Waals surface area contributed by atoms with Crippen LogP contribution in [-0.4, -0.2) is 31.8 Å². The minimum absolute atomic E-state index is 0.418. The number of rotatable bonds is 4. The summed E-state index contributed by atoms with van der Waals surface area (Å²) in [6, 6.07) is 6.09. The first-order chi connectivity index (χ1) is 9.08. The summed E-state index contributed by atoms with van der Waals surface area (Å²) in [6.45, 7) is 2.80. The molecule has 1 aromatic carbocycles. The van der Waals surface area contributed by atoms with E-state index in [0.717, 1.165) is 35.5 Å². The smallest absolute Gasteiger partial charge is 0.105 e. The molecule has 3 nitrogen and oxygen atoms in total. The van der Waals surface area contributed by atoms with Gasteiger partial charge in [-0.1, -0.05) is 12.2 Å². The highest BCUT2D eigenvalue weighted by Gasteiger charge is 2.16. The first-order valence-corrected chi connectivity index (χ1v) is 7.66. The molecule has 0 bridgehead atoms. The van der Waals surface area contributed by atoms with Crippen molar-refractivity contribution in [2.45, 2.75) is 12.8 Å². The van der Waals surface area contributed by atoms with E-state index in [1.165, 1.54) is 12.8 Å². The maximum Gasteiger partial charge on any atom is 0.105 e. The summed E-state index contributed by atoms with van der Waals surface area (Å²) in [6.07, 6.45) is 2.42. The van der Waals surface area contributed by atoms with Crippen molar-refractivity contribution in [3.05, 3.63) is 28.2 Å². The molecule has 1 aliphatic heterocycles. The standard InChI is InChI=1S/C14H19BrN2OS/c1-17(8-10-3-2-6-18-9-10)11-4-5-12(14(16)19)13(15)7-11/h4-5,7,10H,2-3,6,8-9H2,1H3,(H2,16,19). The number of benzene rings is 1. The zero-order valence-corrected chi connectivity index (χ0v) is 13.5. The van der Waals surface area contributed by atoms with Crippen molar-refractivity contribution in [2.75, 3.05) is 31.7 Å². The van der Waals surface area contributed by atoms with Crippen molar-refractivity contribution in [3.63, 3.8) is 0 Å². The zero-order chi connectivity index (χ0) is 13.8. The van der Waals surface area contributed by atoms with Crippen LogP contribution in [0.15, 0.2) is 22.7 Å². The molecule has 19 heavy (non-hydrogen) atoms. The second-order valence-electron chi connectivity index (χ2n) is 4.99. The number of nitrogens with zero attached hydrogens (tertiary/aromatic N) is 1. The van der Waals surface area contributed by atoms with E-state index in [9.17, 15) is 0 Å². The van der Waals surface area contributed by atoms with E-state index in [4.69, 9.17) is 22.7 Å². The molecule has 1 fully saturated rings. The Morgan fingerprint density at radius 1 is 1.58 bits per heavy atom. The Hall–Kier alpha value is -0.650. The van der Waals surface area contributed by atoms with Crippen LogP contribution in [0, 0.1) is 5.92 Å². The van der Waals surface area contributed by atoms with Crippen LogP contribution >= 0.6 is 28.1 Å². The Bertz CT molecular complexity index is 461. The molecule has 0 spiro atoms. The van der Waals surface area contributed by atoms with Crippen molar-refractivity contribution in [1.29, 1.82) is 0 Å². The molecule has 1 heterocycles. The van der Waals surface area contributed by atoms with Gasteiger partial charge < -0.3 is 15.4 Å². The van der Waals surface area contributed by atoms with Gasteiger partial charge in [0.2, 0.25) is 0 Å². The van der Waals surface area contributed by atoms with Crippen LogP contribution in [0.3, 0.4) is 0 Å². The molecular formula is C14H19BrN2OS. The molecule has 0 aromatic heterocycles. The van der Waals surface area contributed by atoms with Crippen molar-refractivity contribution in [2.24, 2.45) is 11.7 Å². The molecule has 1 saturated heterocycles. The first kappa shape index (κ1) is 14.8. The molecule has 1 unspecified atom stereocenters. The number of hydrogen-bond donors (Lipinski definition) is 1. The Morgan fingerprint density at radius 3 is 2.95 bits per heavy atom. The topological polar surface area (TPSA) is 38.5 Å². The number of anilines is 1. The highest BCUT2D eigenvalue weighted by Crippen LogP contribution is 2.25. The summed E-state index contributed by atoms with van der Waals surface area (Å²) in [5, 5.41) is 0. The third kappa shape index (κ3) is 3.91. The SMILES string of the molecule is CN(CC1CCCOC1)c1ccc(C(N)=S)c(Br)c1. The predicted molar refractivity (Wildman–Crippen MR) is 86.8 cm³/mol. The number of thiocarbonyl (C=S) groups is 1. The minimum atomic E-state index is 0.418. The highest BCUT2D eigenvalue weighted by atomic mass is 79.9. The van der Waals surface area contributed by atoms with Crippen molar-refractivity contribution >= 4 is 38.8 Å². The van der Waals surface area contributed by atoms with Gasteiger partial charge in [0.25, 0.3) is 0 Å². The maximum atomic E-state index is 5.66. The summed E-state index contributed by atoms with van der Waals surface area (Å²) in [5.74, 6) is 0.618. The van der Waals surface area contributed by atoms with E-state index < -0.39 is 0 Å². The van der Waals surface area contributed by atoms with Gasteiger partial charge in [0, 0.05) is 35.9 Å². The Kier molecular flexibility index (Phi) is 5.19. The van der Waals surface area contributed by atoms with Gasteiger partial charge in [-0.15, -0.1) is 0 Å². The second-order valence-corrected chi connectivity index (χ2v) is 6.29. The molecule has 1 aliphatic rings. The lowest BCUT2D eigenvalue weighted by molar-refractivity contribution is 0.0576. The Morgan fingerprint density at radius 2 is 2.37 bits per heavy atom. The van der Waals surface area contributed by atoms with Crippen LogP contribution in [0.2, 0.25) is 0 Å². The van der Waals surface area contributed by atoms with Gasteiger partial charge >= 0.3 is 0 Å². The second kappa shape index (κ2) is 6.68. The molecule has 1 aromatic rings. The average Bonchev–Trinajstić information content (AvgIpc) is 2.39. The van der Waals surface area contributed by atoms with Crippen molar-refractivity contribution < 1.29 is 4.74 Å². The number of halogens is 1. The van der Waals surface area contributed by atoms with Gasteiger partial charge in [-0.05, 0) is 52.9 Å². The molecule has 1 atom stereocenters. The maximum absolute atomic E-state index is 5.66. The zero-order valence-electron chi connectivity index (χ0n) is 11.1. The molecule has 0 amide bonds. The summed E-state index contributed by atoms with van der Waals surface area (Å²) in [7, 11) is 2.11. The Labute approximate surface area is 128 Å². The fourth-order valence-electron chi connectivity index (χ4n) is 2.39. The van der Waals surface area contributed by atoms with E-state index in [-0.39, 0.29) is 0 Å². The third-order valence-electron chi connectivity index (χ3n) is 3.45. The largest absolute Gasteiger partial charge is 0.389 e. The molecule has 5 heteroatoms. The van der Waals surface area contributed by atoms with Crippen LogP contribution in [0.4, 0.5) is 5.69 Å². The summed E-state index contributed by atoms with van der Waals surface area (Å²) in [4.78, 5) is 2.68. The molecule has 104 valence electrons. The van der Waals surface area contributed by atoms with Gasteiger partial charge in [-0.2, -0.15) is 0 Å². The van der Waals surface area contributed by atoms with Gasteiger partial charge in [0.05, 0.1) is 6.61 Å². The van der Waals surface area contributed by atoms with Crippen LogP contribution in [0.1, 0.15) is 18.4 Å². The fourth-order valence-corrected chi connectivity index (χ4v) is 3.27. The average molecular weight is 343 g/mol. The molecule has 0 saturated carbocycles. The summed E-state index contributed by atoms with van der Waals surface area (Å²) < 4.78 is 6.47. The van der Waals surface area contributed by atoms with E-state index in [2.05, 4.69) is 40.0 Å². The normalized spacial score (nSPS) is 19.2. The van der Waals surface area contributed by atoms with Crippen molar-refractivity contribution in [3.8, 4) is 0 Å². The fraction of sp³-hybridized carbons (Fsp3) is 0.500. The molecule has 0 radical (unpaired) electrons. The number of ether oxygens (including phenoxy) is 1. The molecule has 0 aliphatic carbocycles. The van der Waals surface area contributed by atoms with E-state index >= 15 is 0 Å². The minimum Gasteiger partial charge on any atom is -0.389 e. The van der Waals surface area contributed by atoms with E-state index in [1.54, 1.807) is 0 Å². The monoisotopic (exact) mass is 342 g/mol.